The smallest absolute Gasteiger partial charge is 0.230 e. The van der Waals surface area contributed by atoms with Gasteiger partial charge in [-0.1, -0.05) is 53.5 Å². The number of rotatable bonds is 9. The molecule has 2 aromatic carbocycles. The summed E-state index contributed by atoms with van der Waals surface area (Å²) in [6.45, 7) is 2.76. The summed E-state index contributed by atoms with van der Waals surface area (Å²) in [5, 5.41) is 4.30. The number of aryl methyl sites for hydroxylation is 1. The fraction of sp³-hybridized carbons (Fsp3) is 0.316. The molecule has 0 spiro atoms. The lowest BCUT2D eigenvalue weighted by Crippen LogP contribution is -2.27. The van der Waals surface area contributed by atoms with E-state index in [1.165, 1.54) is 11.1 Å². The zero-order chi connectivity index (χ0) is 18.1. The van der Waals surface area contributed by atoms with Gasteiger partial charge in [0, 0.05) is 33.8 Å². The Morgan fingerprint density at radius 2 is 1.80 bits per heavy atom. The number of carbonyl (C=O) groups excluding carboxylic acids is 1. The van der Waals surface area contributed by atoms with Gasteiger partial charge < -0.3 is 5.32 Å². The molecule has 2 rings (SSSR count). The third-order valence-corrected chi connectivity index (χ3v) is 6.17. The summed E-state index contributed by atoms with van der Waals surface area (Å²) >= 11 is 15.4. The maximum absolute atomic E-state index is 11.9. The van der Waals surface area contributed by atoms with Crippen molar-refractivity contribution < 1.29 is 4.79 Å². The molecule has 0 saturated heterocycles. The number of carbonyl (C=O) groups is 1. The minimum Gasteiger partial charge on any atom is -0.355 e. The fourth-order valence-electron chi connectivity index (χ4n) is 2.16. The van der Waals surface area contributed by atoms with Crippen molar-refractivity contribution in [1.82, 2.24) is 5.32 Å². The molecule has 25 heavy (non-hydrogen) atoms. The summed E-state index contributed by atoms with van der Waals surface area (Å²) in [4.78, 5) is 11.9. The molecule has 134 valence electrons. The Bertz CT molecular complexity index is 710. The first-order valence-electron chi connectivity index (χ1n) is 7.97. The summed E-state index contributed by atoms with van der Waals surface area (Å²) in [7, 11) is 0. The van der Waals surface area contributed by atoms with Crippen LogP contribution in [-0.4, -0.2) is 24.0 Å². The lowest BCUT2D eigenvalue weighted by molar-refractivity contribution is -0.118. The maximum atomic E-state index is 11.9. The van der Waals surface area contributed by atoms with Crippen molar-refractivity contribution in [2.45, 2.75) is 18.4 Å². The first kappa shape index (κ1) is 20.5. The van der Waals surface area contributed by atoms with Crippen molar-refractivity contribution in [3.05, 3.63) is 69.2 Å². The molecule has 6 heteroatoms. The largest absolute Gasteiger partial charge is 0.355 e. The monoisotopic (exact) mass is 413 g/mol. The van der Waals surface area contributed by atoms with Crippen molar-refractivity contribution in [2.24, 2.45) is 0 Å². The van der Waals surface area contributed by atoms with Gasteiger partial charge in [-0.25, -0.2) is 0 Å². The van der Waals surface area contributed by atoms with Crippen molar-refractivity contribution in [2.75, 3.05) is 18.1 Å². The summed E-state index contributed by atoms with van der Waals surface area (Å²) < 4.78 is 0. The van der Waals surface area contributed by atoms with Crippen molar-refractivity contribution >= 4 is 52.6 Å². The third kappa shape index (κ3) is 7.53. The molecule has 1 amide bonds. The highest BCUT2D eigenvalue weighted by Gasteiger charge is 2.04. The number of halogens is 2. The van der Waals surface area contributed by atoms with E-state index in [2.05, 4.69) is 24.4 Å². The summed E-state index contributed by atoms with van der Waals surface area (Å²) in [5.41, 5.74) is 3.62. The Morgan fingerprint density at radius 1 is 1.04 bits per heavy atom. The minimum atomic E-state index is 0.0868. The third-order valence-electron chi connectivity index (χ3n) is 3.59. The second kappa shape index (κ2) is 11.0. The Balaban J connectivity index is 1.57. The van der Waals surface area contributed by atoms with Gasteiger partial charge in [0.25, 0.3) is 0 Å². The predicted molar refractivity (Wildman–Crippen MR) is 113 cm³/mol. The highest BCUT2D eigenvalue weighted by Crippen LogP contribution is 2.24. The molecule has 0 aromatic heterocycles. The van der Waals surface area contributed by atoms with E-state index in [0.29, 0.717) is 22.3 Å². The second-order valence-corrected chi connectivity index (χ2v) is 8.49. The number of hydrogen-bond acceptors (Lipinski definition) is 3. The lowest BCUT2D eigenvalue weighted by atomic mass is 10.1. The number of benzene rings is 2. The van der Waals surface area contributed by atoms with Crippen LogP contribution in [0, 0.1) is 6.92 Å². The summed E-state index contributed by atoms with van der Waals surface area (Å²) in [6, 6.07) is 13.8. The normalized spacial score (nSPS) is 10.7. The van der Waals surface area contributed by atoms with E-state index < -0.39 is 0 Å². The van der Waals surface area contributed by atoms with E-state index in [1.807, 2.05) is 24.3 Å². The van der Waals surface area contributed by atoms with Gasteiger partial charge in [-0.3, -0.25) is 4.79 Å². The standard InChI is InChI=1S/C19H21Cl2NOS2/c1-14-4-2-3-5-15(14)11-25-13-19(23)22-8-9-24-12-16-6-7-17(20)10-18(16)21/h2-7,10H,8-9,11-13H2,1H3,(H,22,23). The zero-order valence-corrected chi connectivity index (χ0v) is 17.2. The van der Waals surface area contributed by atoms with Crippen molar-refractivity contribution in [3.63, 3.8) is 0 Å². The van der Waals surface area contributed by atoms with Gasteiger partial charge in [0.1, 0.15) is 0 Å². The molecule has 0 bridgehead atoms. The van der Waals surface area contributed by atoms with Crippen molar-refractivity contribution in [1.29, 1.82) is 0 Å². The second-order valence-electron chi connectivity index (χ2n) is 5.56. The van der Waals surface area contributed by atoms with E-state index in [4.69, 9.17) is 23.2 Å². The molecule has 0 unspecified atom stereocenters. The average Bonchev–Trinajstić information content (AvgIpc) is 2.58. The number of nitrogens with one attached hydrogen (secondary N) is 1. The zero-order valence-electron chi connectivity index (χ0n) is 14.1. The number of thioether (sulfide) groups is 2. The molecule has 2 nitrogen and oxygen atoms in total. The molecule has 0 atom stereocenters. The fourth-order valence-corrected chi connectivity index (χ4v) is 4.51. The van der Waals surface area contributed by atoms with Gasteiger partial charge in [-0.15, -0.1) is 11.8 Å². The van der Waals surface area contributed by atoms with E-state index in [9.17, 15) is 4.79 Å². The van der Waals surface area contributed by atoms with E-state index in [0.717, 1.165) is 22.8 Å². The van der Waals surface area contributed by atoms with Crippen LogP contribution in [0.4, 0.5) is 0 Å². The van der Waals surface area contributed by atoms with Crippen LogP contribution in [0.2, 0.25) is 10.0 Å². The van der Waals surface area contributed by atoms with Crippen LogP contribution in [0.3, 0.4) is 0 Å². The molecular formula is C19H21Cl2NOS2. The van der Waals surface area contributed by atoms with E-state index in [1.54, 1.807) is 29.6 Å². The molecule has 0 saturated carbocycles. The van der Waals surface area contributed by atoms with E-state index >= 15 is 0 Å². The molecule has 1 N–H and O–H groups in total. The highest BCUT2D eigenvalue weighted by atomic mass is 35.5. The highest BCUT2D eigenvalue weighted by molar-refractivity contribution is 7.99. The predicted octanol–water partition coefficient (Wildman–Crippen LogP) is 5.58. The van der Waals surface area contributed by atoms with Crippen LogP contribution in [0.1, 0.15) is 16.7 Å². The first-order valence-corrected chi connectivity index (χ1v) is 11.0. The van der Waals surface area contributed by atoms with Crippen LogP contribution in [-0.2, 0) is 16.3 Å². The molecule has 0 radical (unpaired) electrons. The van der Waals surface area contributed by atoms with Crippen LogP contribution < -0.4 is 5.32 Å². The quantitative estimate of drug-likeness (QED) is 0.543. The molecule has 2 aromatic rings. The Labute approximate surface area is 168 Å². The molecule has 0 heterocycles. The van der Waals surface area contributed by atoms with Crippen LogP contribution in [0.15, 0.2) is 42.5 Å². The Hall–Kier alpha value is -0.810. The van der Waals surface area contributed by atoms with Crippen LogP contribution in [0.25, 0.3) is 0 Å². The van der Waals surface area contributed by atoms with Crippen molar-refractivity contribution in [3.8, 4) is 0 Å². The van der Waals surface area contributed by atoms with Crippen LogP contribution >= 0.6 is 46.7 Å². The number of amides is 1. The van der Waals surface area contributed by atoms with Gasteiger partial charge >= 0.3 is 0 Å². The average molecular weight is 414 g/mol. The lowest BCUT2D eigenvalue weighted by Gasteiger charge is -2.07. The summed E-state index contributed by atoms with van der Waals surface area (Å²) in [5.74, 6) is 3.11. The molecule has 0 fully saturated rings. The maximum Gasteiger partial charge on any atom is 0.230 e. The van der Waals surface area contributed by atoms with E-state index in [-0.39, 0.29) is 5.91 Å². The Morgan fingerprint density at radius 3 is 2.56 bits per heavy atom. The van der Waals surface area contributed by atoms with Crippen LogP contribution in [0.5, 0.6) is 0 Å². The molecule has 0 aliphatic rings. The molecule has 0 aliphatic heterocycles. The van der Waals surface area contributed by atoms with Gasteiger partial charge in [-0.05, 0) is 35.7 Å². The van der Waals surface area contributed by atoms with Gasteiger partial charge in [0.2, 0.25) is 5.91 Å². The molecular weight excluding hydrogens is 393 g/mol. The van der Waals surface area contributed by atoms with Gasteiger partial charge in [0.05, 0.1) is 5.75 Å². The number of hydrogen-bond donors (Lipinski definition) is 1. The minimum absolute atomic E-state index is 0.0868. The summed E-state index contributed by atoms with van der Waals surface area (Å²) in [6.07, 6.45) is 0. The van der Waals surface area contributed by atoms with Gasteiger partial charge in [0.15, 0.2) is 0 Å². The SMILES string of the molecule is Cc1ccccc1CSCC(=O)NCCSCc1ccc(Cl)cc1Cl. The molecule has 0 aliphatic carbocycles. The topological polar surface area (TPSA) is 29.1 Å². The first-order chi connectivity index (χ1) is 12.1. The van der Waals surface area contributed by atoms with Gasteiger partial charge in [-0.2, -0.15) is 11.8 Å². The Kier molecular flexibility index (Phi) is 9.04.